The van der Waals surface area contributed by atoms with Gasteiger partial charge in [-0.15, -0.1) is 0 Å². The van der Waals surface area contributed by atoms with Crippen molar-refractivity contribution in [3.63, 3.8) is 0 Å². The van der Waals surface area contributed by atoms with E-state index in [-0.39, 0.29) is 37.2 Å². The second kappa shape index (κ2) is 6.85. The molecule has 1 saturated heterocycles. The maximum absolute atomic E-state index is 13.1. The first-order valence-electron chi connectivity index (χ1n) is 8.79. The molecule has 2 aromatic carbocycles. The summed E-state index contributed by atoms with van der Waals surface area (Å²) in [5, 5.41) is 12.7. The molecule has 2 N–H and O–H groups in total. The predicted octanol–water partition coefficient (Wildman–Crippen LogP) is 1.25. The molecule has 7 heteroatoms. The summed E-state index contributed by atoms with van der Waals surface area (Å²) in [4.78, 5) is 41.3. The minimum atomic E-state index is -0.760. The Bertz CT molecular complexity index is 899. The highest BCUT2D eigenvalue weighted by Gasteiger charge is 2.45. The molecule has 4 rings (SSSR count). The number of fused-ring (bicyclic) bond motifs is 2. The summed E-state index contributed by atoms with van der Waals surface area (Å²) < 4.78 is 0. The predicted molar refractivity (Wildman–Crippen MR) is 99.3 cm³/mol. The van der Waals surface area contributed by atoms with Gasteiger partial charge in [0.1, 0.15) is 12.6 Å². The number of aliphatic hydroxyl groups is 1. The van der Waals surface area contributed by atoms with Crippen LogP contribution in [0.2, 0.25) is 0 Å². The molecule has 0 unspecified atom stereocenters. The lowest BCUT2D eigenvalue weighted by molar-refractivity contribution is -0.124. The number of aliphatic hydroxyl groups excluding tert-OH is 1. The summed E-state index contributed by atoms with van der Waals surface area (Å²) in [6.45, 7) is -0.0912. The minimum absolute atomic E-state index is 0.119. The van der Waals surface area contributed by atoms with Crippen LogP contribution >= 0.6 is 0 Å². The molecule has 1 fully saturated rings. The fourth-order valence-electron chi connectivity index (χ4n) is 3.64. The third-order valence-electron chi connectivity index (χ3n) is 4.88. The van der Waals surface area contributed by atoms with Gasteiger partial charge in [0.15, 0.2) is 0 Å². The number of benzene rings is 2. The first-order valence-corrected chi connectivity index (χ1v) is 8.79. The van der Waals surface area contributed by atoms with E-state index in [0.29, 0.717) is 16.9 Å². The zero-order chi connectivity index (χ0) is 19.0. The number of nitrogens with one attached hydrogen (secondary N) is 1. The summed E-state index contributed by atoms with van der Waals surface area (Å²) in [6, 6.07) is 15.0. The van der Waals surface area contributed by atoms with E-state index in [1.807, 2.05) is 6.07 Å². The molecule has 3 amide bonds. The molecule has 0 aromatic heterocycles. The second-order valence-electron chi connectivity index (χ2n) is 6.72. The van der Waals surface area contributed by atoms with Crippen LogP contribution in [-0.2, 0) is 9.59 Å². The van der Waals surface area contributed by atoms with Crippen LogP contribution in [0.1, 0.15) is 16.8 Å². The number of amides is 3. The van der Waals surface area contributed by atoms with E-state index in [1.54, 1.807) is 48.5 Å². The molecule has 0 spiro atoms. The number of nitrogens with zero attached hydrogens (tertiary/aromatic N) is 2. The fraction of sp³-hybridized carbons (Fsp3) is 0.250. The third kappa shape index (κ3) is 3.17. The van der Waals surface area contributed by atoms with Crippen LogP contribution in [0.25, 0.3) is 0 Å². The lowest BCUT2D eigenvalue weighted by Gasteiger charge is -2.25. The maximum Gasteiger partial charge on any atom is 0.256 e. The van der Waals surface area contributed by atoms with E-state index < -0.39 is 12.1 Å². The molecule has 27 heavy (non-hydrogen) atoms. The zero-order valence-electron chi connectivity index (χ0n) is 14.5. The Morgan fingerprint density at radius 2 is 1.78 bits per heavy atom. The molecule has 2 heterocycles. The van der Waals surface area contributed by atoms with Crippen molar-refractivity contribution in [1.29, 1.82) is 0 Å². The van der Waals surface area contributed by atoms with Gasteiger partial charge >= 0.3 is 0 Å². The summed E-state index contributed by atoms with van der Waals surface area (Å²) in [5.74, 6) is -1.01. The van der Waals surface area contributed by atoms with Crippen LogP contribution in [-0.4, -0.2) is 53.0 Å². The molecule has 0 aliphatic carbocycles. The Balaban J connectivity index is 1.66. The monoisotopic (exact) mass is 365 g/mol. The number of hydrogen-bond acceptors (Lipinski definition) is 4. The van der Waals surface area contributed by atoms with Crippen LogP contribution in [0, 0.1) is 0 Å². The van der Waals surface area contributed by atoms with Gasteiger partial charge < -0.3 is 20.2 Å². The molecule has 0 radical (unpaired) electrons. The van der Waals surface area contributed by atoms with Gasteiger partial charge in [0.25, 0.3) is 5.91 Å². The van der Waals surface area contributed by atoms with Gasteiger partial charge in [-0.3, -0.25) is 14.4 Å². The largest absolute Gasteiger partial charge is 0.391 e. The van der Waals surface area contributed by atoms with E-state index >= 15 is 0 Å². The van der Waals surface area contributed by atoms with Gasteiger partial charge in [0.2, 0.25) is 11.8 Å². The van der Waals surface area contributed by atoms with Crippen LogP contribution in [0.5, 0.6) is 0 Å². The number of para-hydroxylation sites is 2. The van der Waals surface area contributed by atoms with E-state index in [2.05, 4.69) is 5.32 Å². The average molecular weight is 365 g/mol. The number of rotatable bonds is 3. The van der Waals surface area contributed by atoms with Crippen molar-refractivity contribution < 1.29 is 19.5 Å². The molecule has 7 nitrogen and oxygen atoms in total. The Morgan fingerprint density at radius 1 is 1.07 bits per heavy atom. The Labute approximate surface area is 156 Å². The molecule has 138 valence electrons. The van der Waals surface area contributed by atoms with Crippen molar-refractivity contribution in [2.24, 2.45) is 0 Å². The molecule has 2 aliphatic heterocycles. The summed E-state index contributed by atoms with van der Waals surface area (Å²) >= 11 is 0. The van der Waals surface area contributed by atoms with E-state index in [0.717, 1.165) is 0 Å². The van der Waals surface area contributed by atoms with Gasteiger partial charge in [0, 0.05) is 18.7 Å². The Morgan fingerprint density at radius 3 is 2.56 bits per heavy atom. The lowest BCUT2D eigenvalue weighted by atomic mass is 10.1. The van der Waals surface area contributed by atoms with Gasteiger partial charge in [-0.1, -0.05) is 30.3 Å². The number of anilines is 2. The fourth-order valence-corrected chi connectivity index (χ4v) is 3.64. The smallest absolute Gasteiger partial charge is 0.256 e. The Hall–Kier alpha value is -3.19. The quantitative estimate of drug-likeness (QED) is 0.857. The van der Waals surface area contributed by atoms with Crippen LogP contribution in [0.3, 0.4) is 0 Å². The molecule has 0 saturated carbocycles. The number of carbonyl (C=O) groups is 3. The molecular weight excluding hydrogens is 346 g/mol. The standard InChI is InChI=1S/C20H19N3O4/c24-14-10-17-20(27)23(12-18(25)21-13-6-2-1-3-7-13)16-9-5-4-8-15(16)19(26)22(17)11-14/h1-9,14,17,24H,10-12H2,(H,21,25)/t14-,17-/m0/s1. The van der Waals surface area contributed by atoms with Crippen molar-refractivity contribution in [3.05, 3.63) is 60.2 Å². The second-order valence-corrected chi connectivity index (χ2v) is 6.72. The highest BCUT2D eigenvalue weighted by Crippen LogP contribution is 2.32. The van der Waals surface area contributed by atoms with E-state index in [1.165, 1.54) is 9.80 Å². The zero-order valence-corrected chi connectivity index (χ0v) is 14.5. The minimum Gasteiger partial charge on any atom is -0.391 e. The van der Waals surface area contributed by atoms with Crippen molar-refractivity contribution in [2.75, 3.05) is 23.3 Å². The molecular formula is C20H19N3O4. The molecule has 2 aliphatic rings. The highest BCUT2D eigenvalue weighted by atomic mass is 16.3. The summed E-state index contributed by atoms with van der Waals surface area (Å²) in [6.07, 6.45) is -0.566. The van der Waals surface area contributed by atoms with Crippen molar-refractivity contribution in [2.45, 2.75) is 18.6 Å². The van der Waals surface area contributed by atoms with Gasteiger partial charge in [-0.25, -0.2) is 0 Å². The highest BCUT2D eigenvalue weighted by molar-refractivity contribution is 6.13. The van der Waals surface area contributed by atoms with Crippen molar-refractivity contribution >= 4 is 29.1 Å². The SMILES string of the molecule is O=C(CN1C(=O)[C@@H]2C[C@H](O)CN2C(=O)c2ccccc21)Nc1ccccc1. The van der Waals surface area contributed by atoms with Gasteiger partial charge in [-0.2, -0.15) is 0 Å². The normalized spacial score (nSPS) is 21.5. The average Bonchev–Trinajstić information content (AvgIpc) is 3.04. The molecule has 2 atom stereocenters. The molecule has 2 aromatic rings. The molecule has 0 bridgehead atoms. The van der Waals surface area contributed by atoms with Gasteiger partial charge in [-0.05, 0) is 24.3 Å². The van der Waals surface area contributed by atoms with Crippen LogP contribution < -0.4 is 10.2 Å². The van der Waals surface area contributed by atoms with Crippen molar-refractivity contribution in [3.8, 4) is 0 Å². The van der Waals surface area contributed by atoms with E-state index in [4.69, 9.17) is 0 Å². The Kier molecular flexibility index (Phi) is 4.37. The van der Waals surface area contributed by atoms with Crippen LogP contribution in [0.15, 0.2) is 54.6 Å². The first-order chi connectivity index (χ1) is 13.0. The first kappa shape index (κ1) is 17.2. The summed E-state index contributed by atoms with van der Waals surface area (Å²) in [5.41, 5.74) is 1.40. The summed E-state index contributed by atoms with van der Waals surface area (Å²) in [7, 11) is 0. The number of hydrogen-bond donors (Lipinski definition) is 2. The third-order valence-corrected chi connectivity index (χ3v) is 4.88. The van der Waals surface area contributed by atoms with Crippen molar-refractivity contribution in [1.82, 2.24) is 4.90 Å². The topological polar surface area (TPSA) is 90.0 Å². The van der Waals surface area contributed by atoms with Crippen LogP contribution in [0.4, 0.5) is 11.4 Å². The van der Waals surface area contributed by atoms with E-state index in [9.17, 15) is 19.5 Å². The number of carbonyl (C=O) groups excluding carboxylic acids is 3. The lowest BCUT2D eigenvalue weighted by Crippen LogP contribution is -2.47. The maximum atomic E-state index is 13.1. The van der Waals surface area contributed by atoms with Gasteiger partial charge in [0.05, 0.1) is 17.4 Å².